The largest absolute Gasteiger partial charge is 0.464 e. The lowest BCUT2D eigenvalue weighted by atomic mass is 10.0. The smallest absolute Gasteiger partial charge is 0.358 e. The average Bonchev–Trinajstić information content (AvgIpc) is 2.46. The summed E-state index contributed by atoms with van der Waals surface area (Å²) in [7, 11) is 3.48. The fourth-order valence-corrected chi connectivity index (χ4v) is 2.26. The zero-order chi connectivity index (χ0) is 13.7. The van der Waals surface area contributed by atoms with Gasteiger partial charge in [0.15, 0.2) is 5.69 Å². The van der Waals surface area contributed by atoms with Crippen LogP contribution in [0.5, 0.6) is 0 Å². The second-order valence-electron chi connectivity index (χ2n) is 4.81. The third-order valence-corrected chi connectivity index (χ3v) is 3.50. The van der Waals surface area contributed by atoms with Crippen molar-refractivity contribution in [2.75, 3.05) is 32.6 Å². The SMILES string of the molecule is COC(=O)c1ccc(NCC2CCCCN2C)nn1. The van der Waals surface area contributed by atoms with Crippen molar-refractivity contribution < 1.29 is 9.53 Å². The van der Waals surface area contributed by atoms with E-state index < -0.39 is 5.97 Å². The van der Waals surface area contributed by atoms with E-state index in [9.17, 15) is 4.79 Å². The lowest BCUT2D eigenvalue weighted by Gasteiger charge is -2.32. The Balaban J connectivity index is 1.87. The van der Waals surface area contributed by atoms with Crippen LogP contribution in [0.15, 0.2) is 12.1 Å². The summed E-state index contributed by atoms with van der Waals surface area (Å²) < 4.78 is 4.58. The Morgan fingerprint density at radius 1 is 1.47 bits per heavy atom. The molecule has 6 heteroatoms. The first-order valence-electron chi connectivity index (χ1n) is 6.57. The van der Waals surface area contributed by atoms with E-state index in [1.165, 1.54) is 26.4 Å². The van der Waals surface area contributed by atoms with Gasteiger partial charge in [-0.1, -0.05) is 6.42 Å². The normalized spacial score (nSPS) is 20.0. The predicted molar refractivity (Wildman–Crippen MR) is 72.1 cm³/mol. The van der Waals surface area contributed by atoms with Crippen molar-refractivity contribution >= 4 is 11.8 Å². The molecule has 0 amide bonds. The maximum atomic E-state index is 11.2. The molecule has 2 heterocycles. The molecule has 0 saturated carbocycles. The van der Waals surface area contributed by atoms with E-state index >= 15 is 0 Å². The second kappa shape index (κ2) is 6.47. The molecule has 0 bridgehead atoms. The minimum Gasteiger partial charge on any atom is -0.464 e. The Hall–Kier alpha value is -1.69. The lowest BCUT2D eigenvalue weighted by molar-refractivity contribution is 0.0593. The van der Waals surface area contributed by atoms with Crippen molar-refractivity contribution in [2.24, 2.45) is 0 Å². The fourth-order valence-electron chi connectivity index (χ4n) is 2.26. The molecule has 1 aliphatic heterocycles. The first kappa shape index (κ1) is 13.7. The maximum Gasteiger partial charge on any atom is 0.358 e. The van der Waals surface area contributed by atoms with Gasteiger partial charge in [0.2, 0.25) is 0 Å². The maximum absolute atomic E-state index is 11.2. The Labute approximate surface area is 113 Å². The molecule has 1 aromatic rings. The number of nitrogens with zero attached hydrogens (tertiary/aromatic N) is 3. The van der Waals surface area contributed by atoms with Crippen molar-refractivity contribution in [1.82, 2.24) is 15.1 Å². The van der Waals surface area contributed by atoms with E-state index in [2.05, 4.69) is 32.2 Å². The number of likely N-dealkylation sites (tertiary alicyclic amines) is 1. The molecule has 1 unspecified atom stereocenters. The number of carbonyl (C=O) groups is 1. The summed E-state index contributed by atoms with van der Waals surface area (Å²) in [5.41, 5.74) is 0.225. The zero-order valence-corrected chi connectivity index (χ0v) is 11.4. The molecular weight excluding hydrogens is 244 g/mol. The molecule has 1 N–H and O–H groups in total. The molecule has 1 fully saturated rings. The van der Waals surface area contributed by atoms with Crippen LogP contribution < -0.4 is 5.32 Å². The Morgan fingerprint density at radius 3 is 2.95 bits per heavy atom. The molecule has 1 aromatic heterocycles. The van der Waals surface area contributed by atoms with Crippen LogP contribution >= 0.6 is 0 Å². The molecule has 0 radical (unpaired) electrons. The van der Waals surface area contributed by atoms with Crippen molar-refractivity contribution in [3.63, 3.8) is 0 Å². The van der Waals surface area contributed by atoms with Gasteiger partial charge in [0.25, 0.3) is 0 Å². The number of likely N-dealkylation sites (N-methyl/N-ethyl adjacent to an activating group) is 1. The van der Waals surface area contributed by atoms with E-state index in [-0.39, 0.29) is 5.69 Å². The Bertz CT molecular complexity index is 421. The van der Waals surface area contributed by atoms with Crippen LogP contribution in [0.3, 0.4) is 0 Å². The number of hydrogen-bond donors (Lipinski definition) is 1. The zero-order valence-electron chi connectivity index (χ0n) is 11.4. The first-order valence-corrected chi connectivity index (χ1v) is 6.57. The summed E-state index contributed by atoms with van der Waals surface area (Å²) >= 11 is 0. The summed E-state index contributed by atoms with van der Waals surface area (Å²) in [5.74, 6) is 0.220. The van der Waals surface area contributed by atoms with Crippen molar-refractivity contribution in [2.45, 2.75) is 25.3 Å². The Kier molecular flexibility index (Phi) is 4.68. The highest BCUT2D eigenvalue weighted by molar-refractivity contribution is 5.86. The van der Waals surface area contributed by atoms with Crippen LogP contribution in [-0.4, -0.2) is 54.4 Å². The highest BCUT2D eigenvalue weighted by Crippen LogP contribution is 2.15. The second-order valence-corrected chi connectivity index (χ2v) is 4.81. The average molecular weight is 264 g/mol. The van der Waals surface area contributed by atoms with Crippen molar-refractivity contribution in [3.8, 4) is 0 Å². The first-order chi connectivity index (χ1) is 9.20. The van der Waals surface area contributed by atoms with E-state index in [1.807, 2.05) is 0 Å². The number of piperidine rings is 1. The van der Waals surface area contributed by atoms with Crippen molar-refractivity contribution in [1.29, 1.82) is 0 Å². The standard InChI is InChI=1S/C13H20N4O2/c1-17-8-4-3-5-10(17)9-14-12-7-6-11(15-16-12)13(18)19-2/h6-7,10H,3-5,8-9H2,1-2H3,(H,14,16). The van der Waals surface area contributed by atoms with Crippen LogP contribution in [0, 0.1) is 0 Å². The molecule has 19 heavy (non-hydrogen) atoms. The topological polar surface area (TPSA) is 67.3 Å². The number of rotatable bonds is 4. The minimum atomic E-state index is -0.467. The van der Waals surface area contributed by atoms with Gasteiger partial charge >= 0.3 is 5.97 Å². The molecule has 104 valence electrons. The monoisotopic (exact) mass is 264 g/mol. The van der Waals surface area contributed by atoms with Crippen LogP contribution in [0.1, 0.15) is 29.8 Å². The Morgan fingerprint density at radius 2 is 2.32 bits per heavy atom. The predicted octanol–water partition coefficient (Wildman–Crippen LogP) is 1.16. The number of carbonyl (C=O) groups excluding carboxylic acids is 1. The highest BCUT2D eigenvalue weighted by atomic mass is 16.5. The molecule has 1 saturated heterocycles. The van der Waals surface area contributed by atoms with Gasteiger partial charge in [0.1, 0.15) is 5.82 Å². The molecule has 2 rings (SSSR count). The number of esters is 1. The number of ether oxygens (including phenoxy) is 1. The summed E-state index contributed by atoms with van der Waals surface area (Å²) in [6, 6.07) is 3.91. The number of anilines is 1. The summed E-state index contributed by atoms with van der Waals surface area (Å²) in [6.45, 7) is 2.00. The van der Waals surface area contributed by atoms with E-state index in [4.69, 9.17) is 0 Å². The molecule has 1 aliphatic rings. The van der Waals surface area contributed by atoms with Gasteiger partial charge in [-0.25, -0.2) is 4.79 Å². The highest BCUT2D eigenvalue weighted by Gasteiger charge is 2.18. The minimum absolute atomic E-state index is 0.225. The van der Waals surface area contributed by atoms with Gasteiger partial charge in [-0.2, -0.15) is 0 Å². The van der Waals surface area contributed by atoms with E-state index in [0.717, 1.165) is 13.1 Å². The van der Waals surface area contributed by atoms with Crippen molar-refractivity contribution in [3.05, 3.63) is 17.8 Å². The van der Waals surface area contributed by atoms with Gasteiger partial charge in [-0.05, 0) is 38.6 Å². The number of hydrogen-bond acceptors (Lipinski definition) is 6. The summed E-state index contributed by atoms with van der Waals surface area (Å²) in [4.78, 5) is 13.6. The van der Waals surface area contributed by atoms with Gasteiger partial charge < -0.3 is 15.0 Å². The molecule has 0 aliphatic carbocycles. The number of methoxy groups -OCH3 is 1. The molecule has 0 spiro atoms. The van der Waals surface area contributed by atoms with Crippen LogP contribution in [0.4, 0.5) is 5.82 Å². The fraction of sp³-hybridized carbons (Fsp3) is 0.615. The molecule has 6 nitrogen and oxygen atoms in total. The van der Waals surface area contributed by atoms with Gasteiger partial charge in [-0.3, -0.25) is 0 Å². The van der Waals surface area contributed by atoms with E-state index in [1.54, 1.807) is 12.1 Å². The van der Waals surface area contributed by atoms with Crippen LogP contribution in [0.2, 0.25) is 0 Å². The molecule has 1 atom stereocenters. The third-order valence-electron chi connectivity index (χ3n) is 3.50. The van der Waals surface area contributed by atoms with Crippen LogP contribution in [0.25, 0.3) is 0 Å². The van der Waals surface area contributed by atoms with Gasteiger partial charge in [-0.15, -0.1) is 10.2 Å². The van der Waals surface area contributed by atoms with Crippen LogP contribution in [-0.2, 0) is 4.74 Å². The summed E-state index contributed by atoms with van der Waals surface area (Å²) in [6.07, 6.45) is 3.77. The van der Waals surface area contributed by atoms with Gasteiger partial charge in [0.05, 0.1) is 7.11 Å². The number of nitrogens with one attached hydrogen (secondary N) is 1. The van der Waals surface area contributed by atoms with E-state index in [0.29, 0.717) is 11.9 Å². The third kappa shape index (κ3) is 3.64. The van der Waals surface area contributed by atoms with Gasteiger partial charge in [0, 0.05) is 12.6 Å². The summed E-state index contributed by atoms with van der Waals surface area (Å²) in [5, 5.41) is 11.1. The quantitative estimate of drug-likeness (QED) is 0.823. The molecular formula is C13H20N4O2. The number of aromatic nitrogens is 2. The lowest BCUT2D eigenvalue weighted by Crippen LogP contribution is -2.40. The molecule has 0 aromatic carbocycles.